The highest BCUT2D eigenvalue weighted by molar-refractivity contribution is 5.70. The maximum Gasteiger partial charge on any atom is 0.135 e. The van der Waals surface area contributed by atoms with Gasteiger partial charge in [0, 0.05) is 37.2 Å². The van der Waals surface area contributed by atoms with E-state index in [1.54, 1.807) is 6.33 Å². The molecule has 0 bridgehead atoms. The monoisotopic (exact) mass is 457 g/mol. The molecule has 3 aliphatic rings. The molecule has 0 spiro atoms. The van der Waals surface area contributed by atoms with Gasteiger partial charge in [0.05, 0.1) is 23.7 Å². The minimum atomic E-state index is 0.421. The molecule has 1 saturated heterocycles. The van der Waals surface area contributed by atoms with Crippen LogP contribution in [0.1, 0.15) is 47.6 Å². The van der Waals surface area contributed by atoms with Gasteiger partial charge in [0.2, 0.25) is 0 Å². The minimum absolute atomic E-state index is 0.421. The molecule has 3 aromatic rings. The van der Waals surface area contributed by atoms with Crippen molar-refractivity contribution in [2.45, 2.75) is 44.2 Å². The molecule has 7 heteroatoms. The van der Waals surface area contributed by atoms with Crippen molar-refractivity contribution in [3.8, 4) is 0 Å². The first-order chi connectivity index (χ1) is 16.7. The highest BCUT2D eigenvalue weighted by Crippen LogP contribution is 2.38. The zero-order chi connectivity index (χ0) is 23.3. The molecule has 0 saturated carbocycles. The number of likely N-dealkylation sites (N-methyl/N-ethyl adjacent to an activating group) is 1. The highest BCUT2D eigenvalue weighted by atomic mass is 15.2. The van der Waals surface area contributed by atoms with Crippen molar-refractivity contribution in [3.63, 3.8) is 0 Å². The maximum atomic E-state index is 5.75. The predicted molar refractivity (Wildman–Crippen MR) is 139 cm³/mol. The van der Waals surface area contributed by atoms with E-state index in [2.05, 4.69) is 69.3 Å². The number of nitrogen functional groups attached to an aromatic ring is 1. The average Bonchev–Trinajstić information content (AvgIpc) is 3.38. The molecule has 178 valence electrons. The van der Waals surface area contributed by atoms with Crippen molar-refractivity contribution in [1.82, 2.24) is 20.6 Å². The molecule has 5 N–H and O–H groups in total. The lowest BCUT2D eigenvalue weighted by Gasteiger charge is -2.29. The van der Waals surface area contributed by atoms with Crippen molar-refractivity contribution in [2.75, 3.05) is 42.8 Å². The summed E-state index contributed by atoms with van der Waals surface area (Å²) in [4.78, 5) is 11.8. The van der Waals surface area contributed by atoms with Crippen LogP contribution in [-0.2, 0) is 13.0 Å². The number of nitrogens with one attached hydrogen (secondary N) is 3. The molecule has 0 radical (unpaired) electrons. The predicted octanol–water partition coefficient (Wildman–Crippen LogP) is 3.48. The molecule has 7 nitrogen and oxygen atoms in total. The Morgan fingerprint density at radius 3 is 2.74 bits per heavy atom. The number of nitrogens with zero attached hydrogens (tertiary/aromatic N) is 3. The highest BCUT2D eigenvalue weighted by Gasteiger charge is 2.30. The van der Waals surface area contributed by atoms with Gasteiger partial charge in [-0.1, -0.05) is 42.5 Å². The molecule has 2 unspecified atom stereocenters. The third-order valence-electron chi connectivity index (χ3n) is 7.19. The average molecular weight is 458 g/mol. The number of aromatic nitrogens is 2. The second-order valence-corrected chi connectivity index (χ2v) is 9.30. The first-order valence-electron chi connectivity index (χ1n) is 12.4. The maximum absolute atomic E-state index is 5.75. The smallest absolute Gasteiger partial charge is 0.135 e. The Morgan fingerprint density at radius 1 is 1.06 bits per heavy atom. The van der Waals surface area contributed by atoms with Crippen LogP contribution in [0.5, 0.6) is 0 Å². The van der Waals surface area contributed by atoms with Crippen LogP contribution in [0.2, 0.25) is 0 Å². The lowest BCUT2D eigenvalue weighted by Crippen LogP contribution is -2.31. The molecule has 1 aliphatic carbocycles. The number of anilines is 3. The minimum Gasteiger partial charge on any atom is -0.397 e. The van der Waals surface area contributed by atoms with Crippen LogP contribution in [0.25, 0.3) is 0 Å². The number of hydrogen-bond donors (Lipinski definition) is 4. The van der Waals surface area contributed by atoms with Gasteiger partial charge in [0.1, 0.15) is 12.1 Å². The van der Waals surface area contributed by atoms with Gasteiger partial charge in [-0.25, -0.2) is 9.97 Å². The number of nitrogens with two attached hydrogens (primary N) is 1. The summed E-state index contributed by atoms with van der Waals surface area (Å²) in [5, 5.41) is 9.79. The number of para-hydroxylation sites is 1. The van der Waals surface area contributed by atoms with Gasteiger partial charge >= 0.3 is 0 Å². The largest absolute Gasteiger partial charge is 0.397 e. The Kier molecular flexibility index (Phi) is 6.92. The van der Waals surface area contributed by atoms with Crippen molar-refractivity contribution < 1.29 is 0 Å². The second kappa shape index (κ2) is 10.4. The van der Waals surface area contributed by atoms with Gasteiger partial charge < -0.3 is 21.3 Å². The van der Waals surface area contributed by atoms with E-state index in [4.69, 9.17) is 10.7 Å². The fourth-order valence-electron chi connectivity index (χ4n) is 5.38. The quantitative estimate of drug-likeness (QED) is 0.448. The Labute approximate surface area is 202 Å². The standard InChI is InChI=1S/C19H24N4.C8H11N3/c1-20-15-10-11-23(12-15)19-17-9-5-8-16(18(17)21-13-22-19)14-6-3-2-4-7-14;9-7-3-1-2-6-4-10-5-11-8(6)7/h2-4,6-7,13,15-16,20H,5,8-12H2,1H3;1-3,10-11H,4-5,9H2. The molecule has 0 amide bonds. The van der Waals surface area contributed by atoms with Gasteiger partial charge in [-0.3, -0.25) is 5.32 Å². The number of benzene rings is 2. The van der Waals surface area contributed by atoms with Crippen molar-refractivity contribution in [1.29, 1.82) is 0 Å². The molecular formula is C27H35N7. The van der Waals surface area contributed by atoms with Gasteiger partial charge in [0.25, 0.3) is 0 Å². The fraction of sp³-hybridized carbons (Fsp3) is 0.407. The van der Waals surface area contributed by atoms with Crippen LogP contribution in [-0.4, -0.2) is 42.8 Å². The lowest BCUT2D eigenvalue weighted by molar-refractivity contribution is 0.591. The van der Waals surface area contributed by atoms with Crippen molar-refractivity contribution in [2.24, 2.45) is 0 Å². The number of hydrogen-bond acceptors (Lipinski definition) is 7. The molecule has 34 heavy (non-hydrogen) atoms. The van der Waals surface area contributed by atoms with Crippen LogP contribution in [0.3, 0.4) is 0 Å². The summed E-state index contributed by atoms with van der Waals surface area (Å²) in [6.07, 6.45) is 6.47. The third kappa shape index (κ3) is 4.72. The van der Waals surface area contributed by atoms with Crippen LogP contribution in [0.15, 0.2) is 54.9 Å². The first-order valence-corrected chi connectivity index (χ1v) is 12.4. The molecule has 2 aliphatic heterocycles. The molecule has 6 rings (SSSR count). The normalized spacial score (nSPS) is 21.0. The van der Waals surface area contributed by atoms with Crippen molar-refractivity contribution in [3.05, 3.63) is 77.2 Å². The van der Waals surface area contributed by atoms with Gasteiger partial charge in [-0.2, -0.15) is 0 Å². The first kappa shape index (κ1) is 22.6. The van der Waals surface area contributed by atoms with Crippen LogP contribution < -0.4 is 26.6 Å². The second-order valence-electron chi connectivity index (χ2n) is 9.30. The van der Waals surface area contributed by atoms with Gasteiger partial charge in [-0.15, -0.1) is 0 Å². The molecule has 3 heterocycles. The summed E-state index contributed by atoms with van der Waals surface area (Å²) in [6.45, 7) is 3.86. The number of fused-ring (bicyclic) bond motifs is 2. The summed E-state index contributed by atoms with van der Waals surface area (Å²) in [6, 6.07) is 17.3. The third-order valence-corrected chi connectivity index (χ3v) is 7.19. The summed E-state index contributed by atoms with van der Waals surface area (Å²) in [5.41, 5.74) is 12.9. The molecular weight excluding hydrogens is 422 g/mol. The van der Waals surface area contributed by atoms with Crippen LogP contribution in [0.4, 0.5) is 17.2 Å². The van der Waals surface area contributed by atoms with Crippen LogP contribution >= 0.6 is 0 Å². The van der Waals surface area contributed by atoms with E-state index < -0.39 is 0 Å². The topological polar surface area (TPSA) is 91.1 Å². The Hall–Kier alpha value is -3.16. The van der Waals surface area contributed by atoms with Crippen molar-refractivity contribution >= 4 is 17.2 Å². The zero-order valence-electron chi connectivity index (χ0n) is 19.9. The van der Waals surface area contributed by atoms with Gasteiger partial charge in [0.15, 0.2) is 0 Å². The van der Waals surface area contributed by atoms with E-state index in [9.17, 15) is 0 Å². The Bertz CT molecular complexity index is 1100. The van der Waals surface area contributed by atoms with E-state index in [-0.39, 0.29) is 0 Å². The fourth-order valence-corrected chi connectivity index (χ4v) is 5.38. The van der Waals surface area contributed by atoms with E-state index >= 15 is 0 Å². The summed E-state index contributed by atoms with van der Waals surface area (Å²) in [5.74, 6) is 1.60. The molecule has 2 aromatic carbocycles. The molecule has 1 fully saturated rings. The van der Waals surface area contributed by atoms with E-state index in [1.807, 2.05) is 12.1 Å². The van der Waals surface area contributed by atoms with Gasteiger partial charge in [-0.05, 0) is 49.9 Å². The molecule has 1 aromatic heterocycles. The van der Waals surface area contributed by atoms with E-state index in [0.29, 0.717) is 12.0 Å². The lowest BCUT2D eigenvalue weighted by atomic mass is 9.82. The summed E-state index contributed by atoms with van der Waals surface area (Å²) >= 11 is 0. The zero-order valence-corrected chi connectivity index (χ0v) is 19.9. The summed E-state index contributed by atoms with van der Waals surface area (Å²) < 4.78 is 0. The van der Waals surface area contributed by atoms with E-state index in [0.717, 1.165) is 44.1 Å². The van der Waals surface area contributed by atoms with Crippen LogP contribution in [0, 0.1) is 0 Å². The molecule has 2 atom stereocenters. The summed E-state index contributed by atoms with van der Waals surface area (Å²) in [7, 11) is 2.05. The SMILES string of the molecule is CNC1CCN(c2ncnc3c2CCCC3c2ccccc2)C1.Nc1cccc2c1NCNC2. The number of rotatable bonds is 3. The Morgan fingerprint density at radius 2 is 1.94 bits per heavy atom. The van der Waals surface area contributed by atoms with E-state index in [1.165, 1.54) is 47.5 Å². The Balaban J connectivity index is 0.000000183.